The van der Waals surface area contributed by atoms with Crippen molar-refractivity contribution in [3.8, 4) is 0 Å². The second kappa shape index (κ2) is 5.98. The van der Waals surface area contributed by atoms with Crippen molar-refractivity contribution in [1.29, 1.82) is 0 Å². The molecule has 0 saturated carbocycles. The van der Waals surface area contributed by atoms with Gasteiger partial charge in [0.25, 0.3) is 0 Å². The zero-order valence-corrected chi connectivity index (χ0v) is 8.86. The molecule has 0 spiro atoms. The normalized spacial score (nSPS) is 9.93. The molecule has 0 aliphatic carbocycles. The van der Waals surface area contributed by atoms with Crippen LogP contribution in [0.2, 0.25) is 0 Å². The lowest BCUT2D eigenvalue weighted by Crippen LogP contribution is -2.34. The van der Waals surface area contributed by atoms with Gasteiger partial charge in [-0.2, -0.15) is 0 Å². The number of amides is 1. The quantitative estimate of drug-likeness (QED) is 0.503. The van der Waals surface area contributed by atoms with Crippen LogP contribution in [-0.2, 0) is 18.4 Å². The van der Waals surface area contributed by atoms with E-state index in [1.54, 1.807) is 12.3 Å². The summed E-state index contributed by atoms with van der Waals surface area (Å²) in [5.74, 6) is 0.798. The number of hydrogen-bond acceptors (Lipinski definition) is 3. The third kappa shape index (κ3) is 3.95. The highest BCUT2D eigenvalue weighted by Gasteiger charge is 2.02. The highest BCUT2D eigenvalue weighted by molar-refractivity contribution is 5.77. The Morgan fingerprint density at radius 1 is 1.73 bits per heavy atom. The van der Waals surface area contributed by atoms with Gasteiger partial charge in [0.15, 0.2) is 0 Å². The second-order valence-corrected chi connectivity index (χ2v) is 3.15. The lowest BCUT2D eigenvalue weighted by Gasteiger charge is -2.05. The van der Waals surface area contributed by atoms with Gasteiger partial charge in [-0.1, -0.05) is 6.08 Å². The molecule has 2 N–H and O–H groups in total. The van der Waals surface area contributed by atoms with Crippen LogP contribution < -0.4 is 10.6 Å². The Labute approximate surface area is 89.2 Å². The van der Waals surface area contributed by atoms with E-state index in [4.69, 9.17) is 0 Å². The van der Waals surface area contributed by atoms with Gasteiger partial charge in [-0.05, 0) is 0 Å². The SMILES string of the molecule is C=CCNCC(=O)NCc1nccn1C. The van der Waals surface area contributed by atoms with Crippen LogP contribution in [0, 0.1) is 0 Å². The first-order valence-corrected chi connectivity index (χ1v) is 4.78. The Morgan fingerprint density at radius 2 is 2.53 bits per heavy atom. The minimum absolute atomic E-state index is 0.0418. The summed E-state index contributed by atoms with van der Waals surface area (Å²) in [6, 6.07) is 0. The van der Waals surface area contributed by atoms with Gasteiger partial charge in [0.05, 0.1) is 13.1 Å². The van der Waals surface area contributed by atoms with Crippen molar-refractivity contribution < 1.29 is 4.79 Å². The maximum Gasteiger partial charge on any atom is 0.234 e. The molecule has 1 heterocycles. The number of carbonyl (C=O) groups is 1. The molecule has 1 rings (SSSR count). The van der Waals surface area contributed by atoms with Crippen molar-refractivity contribution in [3.05, 3.63) is 30.9 Å². The molecular formula is C10H16N4O. The number of hydrogen-bond donors (Lipinski definition) is 2. The van der Waals surface area contributed by atoms with E-state index in [1.165, 1.54) is 0 Å². The molecule has 0 aliphatic heterocycles. The zero-order chi connectivity index (χ0) is 11.1. The molecule has 0 fully saturated rings. The first-order valence-electron chi connectivity index (χ1n) is 4.78. The van der Waals surface area contributed by atoms with E-state index in [9.17, 15) is 4.79 Å². The van der Waals surface area contributed by atoms with E-state index in [0.29, 0.717) is 19.6 Å². The average Bonchev–Trinajstić information content (AvgIpc) is 2.61. The van der Waals surface area contributed by atoms with E-state index in [0.717, 1.165) is 5.82 Å². The number of aromatic nitrogens is 2. The van der Waals surface area contributed by atoms with Gasteiger partial charge in [-0.3, -0.25) is 4.79 Å². The molecule has 5 nitrogen and oxygen atoms in total. The summed E-state index contributed by atoms with van der Waals surface area (Å²) >= 11 is 0. The molecule has 0 bridgehead atoms. The van der Waals surface area contributed by atoms with Crippen molar-refractivity contribution in [2.45, 2.75) is 6.54 Å². The van der Waals surface area contributed by atoms with Gasteiger partial charge >= 0.3 is 0 Å². The standard InChI is InChI=1S/C10H16N4O/c1-3-4-11-8-10(15)13-7-9-12-5-6-14(9)2/h3,5-6,11H,1,4,7-8H2,2H3,(H,13,15). The second-order valence-electron chi connectivity index (χ2n) is 3.15. The fourth-order valence-corrected chi connectivity index (χ4v) is 1.09. The lowest BCUT2D eigenvalue weighted by molar-refractivity contribution is -0.120. The molecule has 0 radical (unpaired) electrons. The van der Waals surface area contributed by atoms with Crippen LogP contribution in [0.4, 0.5) is 0 Å². The van der Waals surface area contributed by atoms with Crippen molar-refractivity contribution >= 4 is 5.91 Å². The number of carbonyl (C=O) groups excluding carboxylic acids is 1. The molecule has 1 aromatic rings. The van der Waals surface area contributed by atoms with Crippen LogP contribution in [0.25, 0.3) is 0 Å². The average molecular weight is 208 g/mol. The van der Waals surface area contributed by atoms with Gasteiger partial charge in [0, 0.05) is 26.0 Å². The number of imidazole rings is 1. The van der Waals surface area contributed by atoms with Crippen molar-refractivity contribution in [2.24, 2.45) is 7.05 Å². The molecule has 0 saturated heterocycles. The Balaban J connectivity index is 2.22. The number of nitrogens with zero attached hydrogens (tertiary/aromatic N) is 2. The molecule has 15 heavy (non-hydrogen) atoms. The topological polar surface area (TPSA) is 59.0 Å². The van der Waals surface area contributed by atoms with Gasteiger partial charge in [-0.15, -0.1) is 6.58 Å². The Kier molecular flexibility index (Phi) is 4.56. The van der Waals surface area contributed by atoms with E-state index < -0.39 is 0 Å². The van der Waals surface area contributed by atoms with Crippen molar-refractivity contribution in [1.82, 2.24) is 20.2 Å². The van der Waals surface area contributed by atoms with Crippen molar-refractivity contribution in [3.63, 3.8) is 0 Å². The van der Waals surface area contributed by atoms with Crippen LogP contribution in [0.1, 0.15) is 5.82 Å². The van der Waals surface area contributed by atoms with Crippen LogP contribution >= 0.6 is 0 Å². The van der Waals surface area contributed by atoms with Gasteiger partial charge in [0.2, 0.25) is 5.91 Å². The highest BCUT2D eigenvalue weighted by Crippen LogP contribution is 1.92. The zero-order valence-electron chi connectivity index (χ0n) is 8.86. The molecule has 1 aromatic heterocycles. The summed E-state index contributed by atoms with van der Waals surface area (Å²) in [6.45, 7) is 4.94. The largest absolute Gasteiger partial charge is 0.348 e. The lowest BCUT2D eigenvalue weighted by atomic mass is 10.5. The van der Waals surface area contributed by atoms with Crippen LogP contribution in [0.3, 0.4) is 0 Å². The third-order valence-corrected chi connectivity index (χ3v) is 1.94. The fraction of sp³-hybridized carbons (Fsp3) is 0.400. The smallest absolute Gasteiger partial charge is 0.234 e. The van der Waals surface area contributed by atoms with Crippen LogP contribution in [-0.4, -0.2) is 28.5 Å². The van der Waals surface area contributed by atoms with E-state index in [-0.39, 0.29) is 5.91 Å². The first-order chi connectivity index (χ1) is 7.24. The predicted molar refractivity (Wildman–Crippen MR) is 58.1 cm³/mol. The number of rotatable bonds is 6. The summed E-state index contributed by atoms with van der Waals surface area (Å²) < 4.78 is 1.87. The molecule has 5 heteroatoms. The third-order valence-electron chi connectivity index (χ3n) is 1.94. The summed E-state index contributed by atoms with van der Waals surface area (Å²) in [4.78, 5) is 15.4. The predicted octanol–water partition coefficient (Wildman–Crippen LogP) is -0.188. The molecule has 0 unspecified atom stereocenters. The van der Waals surface area contributed by atoms with E-state index >= 15 is 0 Å². The van der Waals surface area contributed by atoms with Crippen molar-refractivity contribution in [2.75, 3.05) is 13.1 Å². The Bertz CT molecular complexity index is 332. The highest BCUT2D eigenvalue weighted by atomic mass is 16.1. The van der Waals surface area contributed by atoms with Gasteiger partial charge < -0.3 is 15.2 Å². The maximum atomic E-state index is 11.3. The molecule has 0 aliphatic rings. The first kappa shape index (κ1) is 11.5. The van der Waals surface area contributed by atoms with E-state index in [2.05, 4.69) is 22.2 Å². The maximum absolute atomic E-state index is 11.3. The number of nitrogens with one attached hydrogen (secondary N) is 2. The molecule has 82 valence electrons. The summed E-state index contributed by atoms with van der Waals surface area (Å²) in [5.41, 5.74) is 0. The Morgan fingerprint density at radius 3 is 3.13 bits per heavy atom. The summed E-state index contributed by atoms with van der Waals surface area (Å²) in [6.07, 6.45) is 5.26. The monoisotopic (exact) mass is 208 g/mol. The van der Waals surface area contributed by atoms with Gasteiger partial charge in [0.1, 0.15) is 5.82 Å². The molecule has 1 amide bonds. The van der Waals surface area contributed by atoms with Gasteiger partial charge in [-0.25, -0.2) is 4.98 Å². The molecular weight excluding hydrogens is 192 g/mol. The fourth-order valence-electron chi connectivity index (χ4n) is 1.09. The minimum Gasteiger partial charge on any atom is -0.348 e. The molecule has 0 aromatic carbocycles. The van der Waals surface area contributed by atoms with E-state index in [1.807, 2.05) is 17.8 Å². The summed E-state index contributed by atoms with van der Waals surface area (Å²) in [5, 5.41) is 5.69. The Hall–Kier alpha value is -1.62. The minimum atomic E-state index is -0.0418. The number of aryl methyl sites for hydroxylation is 1. The summed E-state index contributed by atoms with van der Waals surface area (Å²) in [7, 11) is 1.89. The van der Waals surface area contributed by atoms with Crippen LogP contribution in [0.5, 0.6) is 0 Å². The molecule has 0 atom stereocenters. The van der Waals surface area contributed by atoms with Crippen LogP contribution in [0.15, 0.2) is 25.0 Å².